The Labute approximate surface area is 286 Å². The number of piperidine rings is 1. The second-order valence-corrected chi connectivity index (χ2v) is 13.0. The van der Waals surface area contributed by atoms with Gasteiger partial charge in [-0.25, -0.2) is 0 Å². The van der Waals surface area contributed by atoms with Crippen LogP contribution < -0.4 is 25.4 Å². The number of hydrogen-bond acceptors (Lipinski definition) is 11. The summed E-state index contributed by atoms with van der Waals surface area (Å²) in [5.41, 5.74) is 9.29. The lowest BCUT2D eigenvalue weighted by atomic mass is 9.85. The van der Waals surface area contributed by atoms with Gasteiger partial charge in [-0.15, -0.1) is 0 Å². The van der Waals surface area contributed by atoms with Crippen LogP contribution in [0.2, 0.25) is 0 Å². The van der Waals surface area contributed by atoms with Gasteiger partial charge >= 0.3 is 5.97 Å². The highest BCUT2D eigenvalue weighted by Crippen LogP contribution is 2.35. The van der Waals surface area contributed by atoms with Crippen LogP contribution in [0.5, 0.6) is 11.5 Å². The number of nitrogens with two attached hydrogens (primary N) is 1. The molecular formula is C37H57N3O8. The highest BCUT2D eigenvalue weighted by atomic mass is 16.6. The lowest BCUT2D eigenvalue weighted by Gasteiger charge is -2.39. The molecule has 0 aliphatic carbocycles. The molecule has 268 valence electrons. The molecule has 0 unspecified atom stereocenters. The number of nitrogens with zero attached hydrogens (tertiary/aromatic N) is 1. The Morgan fingerprint density at radius 1 is 0.958 bits per heavy atom. The predicted molar refractivity (Wildman–Crippen MR) is 186 cm³/mol. The van der Waals surface area contributed by atoms with Gasteiger partial charge in [-0.1, -0.05) is 32.0 Å². The number of ether oxygens (including phenoxy) is 7. The molecule has 0 aromatic heterocycles. The van der Waals surface area contributed by atoms with Crippen molar-refractivity contribution in [2.45, 2.75) is 76.9 Å². The first-order valence-electron chi connectivity index (χ1n) is 17.4. The summed E-state index contributed by atoms with van der Waals surface area (Å²) in [5.74, 6) is 1.25. The van der Waals surface area contributed by atoms with E-state index in [1.54, 1.807) is 14.2 Å². The summed E-state index contributed by atoms with van der Waals surface area (Å²) in [6.07, 6.45) is 2.03. The van der Waals surface area contributed by atoms with Crippen molar-refractivity contribution in [3.63, 3.8) is 0 Å². The van der Waals surface area contributed by atoms with Gasteiger partial charge in [0.2, 0.25) is 0 Å². The number of methoxy groups -OCH3 is 2. The van der Waals surface area contributed by atoms with Gasteiger partial charge in [-0.3, -0.25) is 4.79 Å². The van der Waals surface area contributed by atoms with Crippen LogP contribution in [-0.2, 0) is 35.1 Å². The van der Waals surface area contributed by atoms with E-state index < -0.39 is 18.1 Å². The summed E-state index contributed by atoms with van der Waals surface area (Å²) in [5, 5.41) is 3.51. The average molecular weight is 672 g/mol. The van der Waals surface area contributed by atoms with E-state index in [0.717, 1.165) is 73.9 Å². The molecular weight excluding hydrogens is 614 g/mol. The molecule has 0 radical (unpaired) electrons. The molecule has 3 N–H and O–H groups in total. The number of nitrogens with one attached hydrogen (secondary N) is 1. The number of benzene rings is 2. The molecule has 11 nitrogen and oxygen atoms in total. The zero-order chi connectivity index (χ0) is 34.3. The monoisotopic (exact) mass is 671 g/mol. The Morgan fingerprint density at radius 2 is 1.67 bits per heavy atom. The van der Waals surface area contributed by atoms with E-state index in [1.165, 1.54) is 0 Å². The molecule has 4 rings (SSSR count). The molecule has 0 bridgehead atoms. The number of rotatable bonds is 20. The fraction of sp³-hybridized carbons (Fsp3) is 0.649. The molecule has 1 saturated heterocycles. The number of fused-ring (bicyclic) bond motifs is 1. The van der Waals surface area contributed by atoms with Crippen molar-refractivity contribution < 1.29 is 38.0 Å². The topological polar surface area (TPSA) is 123 Å². The maximum atomic E-state index is 12.5. The normalized spacial score (nSPS) is 20.6. The second kappa shape index (κ2) is 19.9. The molecule has 0 saturated carbocycles. The van der Waals surface area contributed by atoms with E-state index >= 15 is 0 Å². The maximum Gasteiger partial charge on any atom is 0.323 e. The molecule has 2 aliphatic heterocycles. The van der Waals surface area contributed by atoms with Crippen LogP contribution in [0.3, 0.4) is 0 Å². The zero-order valence-electron chi connectivity index (χ0n) is 29.5. The first-order chi connectivity index (χ1) is 23.3. The summed E-state index contributed by atoms with van der Waals surface area (Å²) < 4.78 is 41.1. The largest absolute Gasteiger partial charge is 0.494 e. The summed E-state index contributed by atoms with van der Waals surface area (Å²) in [4.78, 5) is 14.8. The van der Waals surface area contributed by atoms with E-state index in [0.29, 0.717) is 32.9 Å². The minimum atomic E-state index is -0.664. The van der Waals surface area contributed by atoms with Gasteiger partial charge in [0, 0.05) is 53.0 Å². The number of hydrogen-bond donors (Lipinski definition) is 2. The smallest absolute Gasteiger partial charge is 0.323 e. The van der Waals surface area contributed by atoms with E-state index in [2.05, 4.69) is 34.5 Å². The molecule has 11 heteroatoms. The van der Waals surface area contributed by atoms with Crippen LogP contribution >= 0.6 is 0 Å². The minimum Gasteiger partial charge on any atom is -0.494 e. The second-order valence-electron chi connectivity index (χ2n) is 13.0. The first kappa shape index (κ1) is 37.9. The van der Waals surface area contributed by atoms with Gasteiger partial charge in [0.25, 0.3) is 0 Å². The Morgan fingerprint density at radius 3 is 2.40 bits per heavy atom. The van der Waals surface area contributed by atoms with Crippen LogP contribution in [0, 0.1) is 5.92 Å². The molecule has 2 aromatic carbocycles. The van der Waals surface area contributed by atoms with Crippen LogP contribution in [0.15, 0.2) is 42.5 Å². The Balaban J connectivity index is 1.45. The van der Waals surface area contributed by atoms with Crippen LogP contribution in [0.25, 0.3) is 0 Å². The molecule has 48 heavy (non-hydrogen) atoms. The van der Waals surface area contributed by atoms with Crippen molar-refractivity contribution in [1.82, 2.24) is 5.32 Å². The fourth-order valence-corrected chi connectivity index (χ4v) is 6.03. The summed E-state index contributed by atoms with van der Waals surface area (Å²) >= 11 is 0. The van der Waals surface area contributed by atoms with Crippen molar-refractivity contribution in [1.29, 1.82) is 0 Å². The van der Waals surface area contributed by atoms with E-state index in [4.69, 9.17) is 38.9 Å². The van der Waals surface area contributed by atoms with Gasteiger partial charge in [-0.05, 0) is 67.5 Å². The van der Waals surface area contributed by atoms with Crippen molar-refractivity contribution >= 4 is 11.7 Å². The third-order valence-corrected chi connectivity index (χ3v) is 8.84. The Kier molecular flexibility index (Phi) is 15.7. The Hall–Kier alpha value is -2.93. The van der Waals surface area contributed by atoms with Crippen LogP contribution in [0.1, 0.15) is 57.1 Å². The predicted octanol–water partition coefficient (Wildman–Crippen LogP) is 4.30. The molecule has 2 aliphatic rings. The fourth-order valence-electron chi connectivity index (χ4n) is 6.03. The third-order valence-electron chi connectivity index (χ3n) is 8.84. The number of carbonyl (C=O) groups excluding carboxylic acids is 1. The summed E-state index contributed by atoms with van der Waals surface area (Å²) in [6, 6.07) is 13.9. The van der Waals surface area contributed by atoms with E-state index in [9.17, 15) is 4.79 Å². The molecule has 2 aromatic rings. The van der Waals surface area contributed by atoms with Crippen molar-refractivity contribution in [2.75, 3.05) is 78.3 Å². The lowest BCUT2D eigenvalue weighted by Crippen LogP contribution is -2.51. The molecule has 5 atom stereocenters. The van der Waals surface area contributed by atoms with Crippen molar-refractivity contribution in [2.24, 2.45) is 11.7 Å². The quantitative estimate of drug-likeness (QED) is 0.155. The highest BCUT2D eigenvalue weighted by Gasteiger charge is 2.37. The number of carbonyl (C=O) groups is 1. The van der Waals surface area contributed by atoms with Gasteiger partial charge in [-0.2, -0.15) is 0 Å². The Bertz CT molecular complexity index is 1230. The highest BCUT2D eigenvalue weighted by molar-refractivity contribution is 5.75. The van der Waals surface area contributed by atoms with Gasteiger partial charge < -0.3 is 49.1 Å². The standard InChI is InChI=1S/C37H57N3O8/c1-26(2)36(38)37(41)48-27(3)24-46-33-22-39-23-34(35(33)29-10-12-30(13-11-29)44-19-7-6-17-42-4)47-25-28-9-14-32-31(21-28)40(16-20-45-32)15-8-18-43-5/h9-14,21,26-27,33-36,39H,6-8,15-20,22-25,38H2,1-5H3/t27-,33-,34+,35+,36+/m1/s1. The average Bonchev–Trinajstić information content (AvgIpc) is 3.09. The van der Waals surface area contributed by atoms with Crippen LogP contribution in [0.4, 0.5) is 5.69 Å². The molecule has 0 amide bonds. The molecule has 0 spiro atoms. The third kappa shape index (κ3) is 11.3. The summed E-state index contributed by atoms with van der Waals surface area (Å²) in [6.45, 7) is 12.2. The van der Waals surface area contributed by atoms with Crippen LogP contribution in [-0.4, -0.2) is 104 Å². The van der Waals surface area contributed by atoms with E-state index in [1.807, 2.05) is 39.0 Å². The van der Waals surface area contributed by atoms with Crippen molar-refractivity contribution in [3.05, 3.63) is 53.6 Å². The van der Waals surface area contributed by atoms with Gasteiger partial charge in [0.15, 0.2) is 0 Å². The molecule has 2 heterocycles. The SMILES string of the molecule is COCCCCOc1ccc([C@@H]2[C@@H](OCc3ccc4c(c3)N(CCCOC)CCO4)CNC[C@H]2OC[C@@H](C)OC(=O)[C@@H](N)C(C)C)cc1. The first-order valence-corrected chi connectivity index (χ1v) is 17.4. The maximum absolute atomic E-state index is 12.5. The number of unbranched alkanes of at least 4 members (excludes halogenated alkanes) is 1. The lowest BCUT2D eigenvalue weighted by molar-refractivity contribution is -0.156. The summed E-state index contributed by atoms with van der Waals surface area (Å²) in [7, 11) is 3.45. The van der Waals surface area contributed by atoms with Crippen molar-refractivity contribution in [3.8, 4) is 11.5 Å². The van der Waals surface area contributed by atoms with Gasteiger partial charge in [0.1, 0.15) is 30.3 Å². The minimum absolute atomic E-state index is 0.00543. The zero-order valence-corrected chi connectivity index (χ0v) is 29.5. The van der Waals surface area contributed by atoms with E-state index in [-0.39, 0.29) is 30.7 Å². The van der Waals surface area contributed by atoms with Gasteiger partial charge in [0.05, 0.1) is 44.3 Å². The molecule has 1 fully saturated rings. The number of anilines is 1. The number of esters is 1.